The number of rotatable bonds is 2. The molecule has 0 aliphatic carbocycles. The van der Waals surface area contributed by atoms with E-state index in [4.69, 9.17) is 5.26 Å². The van der Waals surface area contributed by atoms with Crippen molar-refractivity contribution in [1.82, 2.24) is 5.32 Å². The number of nitrogens with one attached hydrogen (secondary N) is 1. The maximum absolute atomic E-state index is 13.1. The molecule has 2 fully saturated rings. The van der Waals surface area contributed by atoms with E-state index in [1.807, 2.05) is 6.07 Å². The van der Waals surface area contributed by atoms with Gasteiger partial charge in [0.2, 0.25) is 0 Å². The standard InChI is InChI=1S/C15H15FN2O/c16-11-1-4-14(10(5-11)8-17)15(19)9-6-12-2-3-13(7-9)18-12/h1,4-5,9,12-13,18H,2-3,6-7H2. The van der Waals surface area contributed by atoms with E-state index in [1.54, 1.807) is 0 Å². The van der Waals surface area contributed by atoms with Crippen LogP contribution in [0.15, 0.2) is 18.2 Å². The Hall–Kier alpha value is -1.73. The molecule has 2 unspecified atom stereocenters. The third-order valence-corrected chi connectivity index (χ3v) is 4.21. The molecule has 0 aromatic heterocycles. The third-order valence-electron chi connectivity index (χ3n) is 4.21. The Morgan fingerprint density at radius 1 is 1.32 bits per heavy atom. The van der Waals surface area contributed by atoms with Gasteiger partial charge in [-0.15, -0.1) is 0 Å². The van der Waals surface area contributed by atoms with Gasteiger partial charge in [0, 0.05) is 23.6 Å². The number of nitrogens with zero attached hydrogens (tertiary/aromatic N) is 1. The van der Waals surface area contributed by atoms with Gasteiger partial charge in [-0.2, -0.15) is 5.26 Å². The van der Waals surface area contributed by atoms with Crippen LogP contribution in [0.3, 0.4) is 0 Å². The predicted octanol–water partition coefficient (Wildman–Crippen LogP) is 2.41. The lowest BCUT2D eigenvalue weighted by molar-refractivity contribution is 0.0875. The summed E-state index contributed by atoms with van der Waals surface area (Å²) in [4.78, 5) is 12.5. The monoisotopic (exact) mass is 258 g/mol. The van der Waals surface area contributed by atoms with Crippen molar-refractivity contribution in [2.75, 3.05) is 0 Å². The summed E-state index contributed by atoms with van der Waals surface area (Å²) in [7, 11) is 0. The molecule has 0 spiro atoms. The molecule has 0 radical (unpaired) electrons. The van der Waals surface area contributed by atoms with Crippen LogP contribution in [0.25, 0.3) is 0 Å². The lowest BCUT2D eigenvalue weighted by Gasteiger charge is -2.28. The number of carbonyl (C=O) groups excluding carboxylic acids is 1. The fourth-order valence-corrected chi connectivity index (χ4v) is 3.32. The Kier molecular flexibility index (Phi) is 3.08. The summed E-state index contributed by atoms with van der Waals surface area (Å²) in [6.07, 6.45) is 3.92. The number of fused-ring (bicyclic) bond motifs is 2. The molecule has 2 bridgehead atoms. The van der Waals surface area contributed by atoms with Crippen LogP contribution in [-0.2, 0) is 0 Å². The fraction of sp³-hybridized carbons (Fsp3) is 0.467. The number of piperidine rings is 1. The van der Waals surface area contributed by atoms with Crippen LogP contribution >= 0.6 is 0 Å². The van der Waals surface area contributed by atoms with Gasteiger partial charge in [0.1, 0.15) is 5.82 Å². The molecule has 1 N–H and O–H groups in total. The van der Waals surface area contributed by atoms with Crippen LogP contribution in [0.5, 0.6) is 0 Å². The van der Waals surface area contributed by atoms with Crippen molar-refractivity contribution < 1.29 is 9.18 Å². The molecule has 1 aromatic carbocycles. The van der Waals surface area contributed by atoms with Crippen molar-refractivity contribution in [3.63, 3.8) is 0 Å². The van der Waals surface area contributed by atoms with E-state index in [0.717, 1.165) is 31.7 Å². The van der Waals surface area contributed by atoms with Crippen LogP contribution in [0.4, 0.5) is 4.39 Å². The summed E-state index contributed by atoms with van der Waals surface area (Å²) in [6, 6.07) is 6.62. The van der Waals surface area contributed by atoms with Gasteiger partial charge in [-0.05, 0) is 43.9 Å². The second-order valence-corrected chi connectivity index (χ2v) is 5.47. The number of Topliss-reactive ketones (excluding diaryl/α,β-unsaturated/α-hetero) is 1. The number of halogens is 1. The molecule has 0 amide bonds. The Morgan fingerprint density at radius 3 is 2.63 bits per heavy atom. The highest BCUT2D eigenvalue weighted by Crippen LogP contribution is 2.33. The second kappa shape index (κ2) is 4.75. The van der Waals surface area contributed by atoms with Crippen molar-refractivity contribution in [2.45, 2.75) is 37.8 Å². The molecular weight excluding hydrogens is 243 g/mol. The Balaban J connectivity index is 1.86. The van der Waals surface area contributed by atoms with Crippen molar-refractivity contribution in [3.8, 4) is 6.07 Å². The molecule has 1 aromatic rings. The van der Waals surface area contributed by atoms with Gasteiger partial charge in [-0.25, -0.2) is 4.39 Å². The number of hydrogen-bond donors (Lipinski definition) is 1. The van der Waals surface area contributed by atoms with Gasteiger partial charge in [0.15, 0.2) is 5.78 Å². The fourth-order valence-electron chi connectivity index (χ4n) is 3.32. The van der Waals surface area contributed by atoms with Gasteiger partial charge < -0.3 is 5.32 Å². The van der Waals surface area contributed by atoms with Gasteiger partial charge >= 0.3 is 0 Å². The normalized spacial score (nSPS) is 28.9. The molecule has 3 nitrogen and oxygen atoms in total. The first-order chi connectivity index (χ1) is 9.17. The number of benzene rings is 1. The number of carbonyl (C=O) groups is 1. The van der Waals surface area contributed by atoms with E-state index in [1.165, 1.54) is 12.1 Å². The summed E-state index contributed by atoms with van der Waals surface area (Å²) in [5, 5.41) is 12.5. The largest absolute Gasteiger partial charge is 0.311 e. The van der Waals surface area contributed by atoms with Gasteiger partial charge in [0.05, 0.1) is 11.6 Å². The van der Waals surface area contributed by atoms with Crippen molar-refractivity contribution in [3.05, 3.63) is 35.1 Å². The first-order valence-electron chi connectivity index (χ1n) is 6.67. The Bertz CT molecular complexity index is 552. The molecule has 2 atom stereocenters. The Labute approximate surface area is 111 Å². The molecule has 2 aliphatic rings. The summed E-state index contributed by atoms with van der Waals surface area (Å²) in [5.74, 6) is -0.509. The Morgan fingerprint density at radius 2 is 2.00 bits per heavy atom. The van der Waals surface area contributed by atoms with E-state index in [9.17, 15) is 9.18 Å². The average Bonchev–Trinajstić information content (AvgIpc) is 2.76. The summed E-state index contributed by atoms with van der Waals surface area (Å²) < 4.78 is 13.1. The summed E-state index contributed by atoms with van der Waals surface area (Å²) in [5.41, 5.74) is 0.520. The zero-order chi connectivity index (χ0) is 13.4. The first-order valence-corrected chi connectivity index (χ1v) is 6.67. The van der Waals surface area contributed by atoms with Crippen LogP contribution in [0.1, 0.15) is 41.6 Å². The van der Waals surface area contributed by atoms with Crippen molar-refractivity contribution in [2.24, 2.45) is 5.92 Å². The number of nitriles is 1. The quantitative estimate of drug-likeness (QED) is 0.829. The molecule has 19 heavy (non-hydrogen) atoms. The molecule has 2 saturated heterocycles. The van der Waals surface area contributed by atoms with Crippen molar-refractivity contribution >= 4 is 5.78 Å². The SMILES string of the molecule is N#Cc1cc(F)ccc1C(=O)C1CC2CCC(C1)N2. The summed E-state index contributed by atoms with van der Waals surface area (Å²) >= 11 is 0. The minimum atomic E-state index is -0.474. The van der Waals surface area contributed by atoms with E-state index in [-0.39, 0.29) is 17.3 Å². The van der Waals surface area contributed by atoms with Crippen LogP contribution in [0, 0.1) is 23.1 Å². The van der Waals surface area contributed by atoms with Gasteiger partial charge in [-0.3, -0.25) is 4.79 Å². The minimum absolute atomic E-state index is 0.00468. The zero-order valence-electron chi connectivity index (χ0n) is 10.5. The third kappa shape index (κ3) is 2.26. The van der Waals surface area contributed by atoms with Crippen molar-refractivity contribution in [1.29, 1.82) is 5.26 Å². The van der Waals surface area contributed by atoms with Crippen LogP contribution in [-0.4, -0.2) is 17.9 Å². The number of ketones is 1. The predicted molar refractivity (Wildman–Crippen MR) is 68.1 cm³/mol. The molecule has 4 heteroatoms. The molecule has 98 valence electrons. The molecule has 2 aliphatic heterocycles. The zero-order valence-corrected chi connectivity index (χ0v) is 10.5. The highest BCUT2D eigenvalue weighted by atomic mass is 19.1. The second-order valence-electron chi connectivity index (χ2n) is 5.47. The lowest BCUT2D eigenvalue weighted by atomic mass is 9.84. The highest BCUT2D eigenvalue weighted by molar-refractivity contribution is 6.00. The summed E-state index contributed by atoms with van der Waals surface area (Å²) in [6.45, 7) is 0. The molecule has 0 saturated carbocycles. The first kappa shape index (κ1) is 12.3. The maximum Gasteiger partial charge on any atom is 0.167 e. The van der Waals surface area contributed by atoms with E-state index < -0.39 is 5.82 Å². The van der Waals surface area contributed by atoms with E-state index in [2.05, 4.69) is 5.32 Å². The molecular formula is C15H15FN2O. The lowest BCUT2D eigenvalue weighted by Crippen LogP contribution is -2.40. The molecule has 3 rings (SSSR count). The smallest absolute Gasteiger partial charge is 0.167 e. The van der Waals surface area contributed by atoms with Gasteiger partial charge in [-0.1, -0.05) is 0 Å². The average molecular weight is 258 g/mol. The topological polar surface area (TPSA) is 52.9 Å². The highest BCUT2D eigenvalue weighted by Gasteiger charge is 2.37. The van der Waals surface area contributed by atoms with E-state index in [0.29, 0.717) is 17.6 Å². The van der Waals surface area contributed by atoms with Crippen LogP contribution < -0.4 is 5.32 Å². The minimum Gasteiger partial charge on any atom is -0.311 e. The van der Waals surface area contributed by atoms with Crippen LogP contribution in [0.2, 0.25) is 0 Å². The maximum atomic E-state index is 13.1. The molecule has 2 heterocycles. The number of hydrogen-bond acceptors (Lipinski definition) is 3. The van der Waals surface area contributed by atoms with E-state index >= 15 is 0 Å². The van der Waals surface area contributed by atoms with Gasteiger partial charge in [0.25, 0.3) is 0 Å².